The van der Waals surface area contributed by atoms with E-state index in [-0.39, 0.29) is 36.0 Å². The summed E-state index contributed by atoms with van der Waals surface area (Å²) in [4.78, 5) is 25.2. The SMILES string of the molecule is CCOC(=O)C1=C(C)OC(N)=C(C(=O)OCC)[C@@H]1c1ccccc1OC. The first kappa shape index (κ1) is 19.4. The van der Waals surface area contributed by atoms with Crippen molar-refractivity contribution in [1.29, 1.82) is 0 Å². The summed E-state index contributed by atoms with van der Waals surface area (Å²) in [6, 6.07) is 7.07. The minimum absolute atomic E-state index is 0.0463. The molecular weight excluding hydrogens is 338 g/mol. The van der Waals surface area contributed by atoms with E-state index >= 15 is 0 Å². The first-order chi connectivity index (χ1) is 12.5. The zero-order chi connectivity index (χ0) is 19.3. The van der Waals surface area contributed by atoms with Gasteiger partial charge in [0.2, 0.25) is 5.88 Å². The van der Waals surface area contributed by atoms with E-state index < -0.39 is 17.9 Å². The van der Waals surface area contributed by atoms with Crippen molar-refractivity contribution >= 4 is 11.9 Å². The van der Waals surface area contributed by atoms with E-state index in [0.717, 1.165) is 0 Å². The second-order valence-corrected chi connectivity index (χ2v) is 5.47. The van der Waals surface area contributed by atoms with Crippen molar-refractivity contribution in [3.8, 4) is 5.75 Å². The monoisotopic (exact) mass is 361 g/mol. The molecule has 1 aliphatic rings. The van der Waals surface area contributed by atoms with E-state index in [0.29, 0.717) is 11.3 Å². The van der Waals surface area contributed by atoms with Crippen LogP contribution in [0, 0.1) is 0 Å². The molecule has 0 radical (unpaired) electrons. The smallest absolute Gasteiger partial charge is 0.340 e. The largest absolute Gasteiger partial charge is 0.496 e. The fourth-order valence-electron chi connectivity index (χ4n) is 2.88. The number of esters is 2. The molecule has 0 amide bonds. The number of allylic oxidation sites excluding steroid dienone is 1. The van der Waals surface area contributed by atoms with Gasteiger partial charge in [-0.15, -0.1) is 0 Å². The van der Waals surface area contributed by atoms with Crippen LogP contribution >= 0.6 is 0 Å². The first-order valence-corrected chi connectivity index (χ1v) is 8.31. The lowest BCUT2D eigenvalue weighted by Gasteiger charge is -2.29. The van der Waals surface area contributed by atoms with Gasteiger partial charge in [-0.3, -0.25) is 0 Å². The number of carbonyl (C=O) groups is 2. The Morgan fingerprint density at radius 3 is 2.23 bits per heavy atom. The van der Waals surface area contributed by atoms with Crippen LogP contribution in [0.3, 0.4) is 0 Å². The Bertz CT molecular complexity index is 725. The van der Waals surface area contributed by atoms with Crippen LogP contribution < -0.4 is 10.5 Å². The molecule has 1 aromatic carbocycles. The van der Waals surface area contributed by atoms with Gasteiger partial charge in [0.15, 0.2) is 0 Å². The molecule has 1 aliphatic heterocycles. The lowest BCUT2D eigenvalue weighted by molar-refractivity contribution is -0.140. The van der Waals surface area contributed by atoms with E-state index in [2.05, 4.69) is 0 Å². The molecule has 1 atom stereocenters. The standard InChI is InChI=1S/C19H23NO6/c1-5-24-18(21)14-11(3)26-17(20)16(19(22)25-6-2)15(14)12-9-7-8-10-13(12)23-4/h7-10,15H,5-6,20H2,1-4H3/t15-/m1/s1. The Labute approximate surface area is 152 Å². The highest BCUT2D eigenvalue weighted by Gasteiger charge is 2.41. The van der Waals surface area contributed by atoms with Crippen LogP contribution in [0.4, 0.5) is 0 Å². The molecule has 0 aliphatic carbocycles. The van der Waals surface area contributed by atoms with Gasteiger partial charge in [0, 0.05) is 5.56 Å². The van der Waals surface area contributed by atoms with E-state index in [1.807, 2.05) is 0 Å². The Morgan fingerprint density at radius 1 is 1.08 bits per heavy atom. The van der Waals surface area contributed by atoms with Gasteiger partial charge in [0.25, 0.3) is 0 Å². The van der Waals surface area contributed by atoms with E-state index in [4.69, 9.17) is 24.7 Å². The highest BCUT2D eigenvalue weighted by Crippen LogP contribution is 2.43. The molecule has 0 unspecified atom stereocenters. The molecule has 0 bridgehead atoms. The highest BCUT2D eigenvalue weighted by atomic mass is 16.5. The Kier molecular flexibility index (Phi) is 6.27. The molecule has 7 nitrogen and oxygen atoms in total. The number of carbonyl (C=O) groups excluding carboxylic acids is 2. The number of methoxy groups -OCH3 is 1. The van der Waals surface area contributed by atoms with Crippen molar-refractivity contribution in [2.75, 3.05) is 20.3 Å². The third kappa shape index (κ3) is 3.66. The fraction of sp³-hybridized carbons (Fsp3) is 0.368. The van der Waals surface area contributed by atoms with Crippen LogP contribution in [0.25, 0.3) is 0 Å². The van der Waals surface area contributed by atoms with Crippen molar-refractivity contribution in [2.45, 2.75) is 26.7 Å². The molecule has 0 aromatic heterocycles. The van der Waals surface area contributed by atoms with Crippen molar-refractivity contribution in [3.63, 3.8) is 0 Å². The van der Waals surface area contributed by atoms with E-state index in [1.54, 1.807) is 45.0 Å². The van der Waals surface area contributed by atoms with Gasteiger partial charge in [0.1, 0.15) is 17.1 Å². The Hall–Kier alpha value is -2.96. The summed E-state index contributed by atoms with van der Waals surface area (Å²) in [5, 5.41) is 0. The number of hydrogen-bond acceptors (Lipinski definition) is 7. The zero-order valence-electron chi connectivity index (χ0n) is 15.3. The van der Waals surface area contributed by atoms with Crippen molar-refractivity contribution < 1.29 is 28.5 Å². The van der Waals surface area contributed by atoms with Crippen molar-refractivity contribution in [3.05, 3.63) is 52.6 Å². The second-order valence-electron chi connectivity index (χ2n) is 5.47. The van der Waals surface area contributed by atoms with Gasteiger partial charge in [-0.05, 0) is 26.8 Å². The number of nitrogens with two attached hydrogens (primary N) is 1. The second kappa shape index (κ2) is 8.42. The molecule has 0 fully saturated rings. The zero-order valence-corrected chi connectivity index (χ0v) is 15.3. The molecule has 140 valence electrons. The molecular formula is C19H23NO6. The molecule has 2 N–H and O–H groups in total. The maximum absolute atomic E-state index is 12.6. The topological polar surface area (TPSA) is 97.1 Å². The predicted octanol–water partition coefficient (Wildman–Crippen LogP) is 2.38. The maximum atomic E-state index is 12.6. The average Bonchev–Trinajstić information content (AvgIpc) is 2.61. The van der Waals surface area contributed by atoms with Gasteiger partial charge < -0.3 is 24.7 Å². The Balaban J connectivity index is 2.69. The molecule has 26 heavy (non-hydrogen) atoms. The van der Waals surface area contributed by atoms with Gasteiger partial charge in [-0.2, -0.15) is 0 Å². The van der Waals surface area contributed by atoms with E-state index in [9.17, 15) is 9.59 Å². The Morgan fingerprint density at radius 2 is 1.65 bits per heavy atom. The lowest BCUT2D eigenvalue weighted by Crippen LogP contribution is -2.30. The third-order valence-electron chi connectivity index (χ3n) is 3.93. The van der Waals surface area contributed by atoms with Gasteiger partial charge in [-0.25, -0.2) is 9.59 Å². The molecule has 0 saturated carbocycles. The fourth-order valence-corrected chi connectivity index (χ4v) is 2.88. The lowest BCUT2D eigenvalue weighted by atomic mass is 9.82. The number of rotatable bonds is 6. The maximum Gasteiger partial charge on any atom is 0.340 e. The summed E-state index contributed by atoms with van der Waals surface area (Å²) in [6.45, 7) is 5.33. The van der Waals surface area contributed by atoms with Crippen LogP contribution in [-0.2, 0) is 23.8 Å². The normalized spacial score (nSPS) is 16.8. The number of ether oxygens (including phenoxy) is 4. The summed E-state index contributed by atoms with van der Waals surface area (Å²) >= 11 is 0. The minimum atomic E-state index is -0.821. The molecule has 7 heteroatoms. The summed E-state index contributed by atoms with van der Waals surface area (Å²) in [7, 11) is 1.51. The average molecular weight is 361 g/mol. The minimum Gasteiger partial charge on any atom is -0.496 e. The highest BCUT2D eigenvalue weighted by molar-refractivity contribution is 5.99. The van der Waals surface area contributed by atoms with Crippen LogP contribution in [0.15, 0.2) is 47.1 Å². The van der Waals surface area contributed by atoms with Crippen molar-refractivity contribution in [2.24, 2.45) is 5.73 Å². The number of hydrogen-bond donors (Lipinski definition) is 1. The van der Waals surface area contributed by atoms with Crippen LogP contribution in [0.1, 0.15) is 32.3 Å². The van der Waals surface area contributed by atoms with Gasteiger partial charge in [0.05, 0.1) is 31.8 Å². The molecule has 0 saturated heterocycles. The third-order valence-corrected chi connectivity index (χ3v) is 3.93. The molecule has 2 rings (SSSR count). The van der Waals surface area contributed by atoms with Crippen molar-refractivity contribution in [1.82, 2.24) is 0 Å². The molecule has 1 aromatic rings. The van der Waals surface area contributed by atoms with Crippen LogP contribution in [0.2, 0.25) is 0 Å². The molecule has 0 spiro atoms. The number of benzene rings is 1. The summed E-state index contributed by atoms with van der Waals surface area (Å²) in [5.74, 6) is -1.40. The summed E-state index contributed by atoms with van der Waals surface area (Å²) in [6.07, 6.45) is 0. The predicted molar refractivity (Wildman–Crippen MR) is 94.0 cm³/mol. The van der Waals surface area contributed by atoms with Gasteiger partial charge >= 0.3 is 11.9 Å². The van der Waals surface area contributed by atoms with Gasteiger partial charge in [-0.1, -0.05) is 18.2 Å². The summed E-state index contributed by atoms with van der Waals surface area (Å²) < 4.78 is 21.2. The quantitative estimate of drug-likeness (QED) is 0.777. The molecule has 1 heterocycles. The summed E-state index contributed by atoms with van der Waals surface area (Å²) in [5.41, 5.74) is 6.81. The van der Waals surface area contributed by atoms with E-state index in [1.165, 1.54) is 7.11 Å². The first-order valence-electron chi connectivity index (χ1n) is 8.31. The van der Waals surface area contributed by atoms with Crippen LogP contribution in [-0.4, -0.2) is 32.3 Å². The van der Waals surface area contributed by atoms with Crippen LogP contribution in [0.5, 0.6) is 5.75 Å². The number of para-hydroxylation sites is 1.